The Balaban J connectivity index is 1.93. The Morgan fingerprint density at radius 1 is 1.23 bits per heavy atom. The summed E-state index contributed by atoms with van der Waals surface area (Å²) in [6.45, 7) is 0.698. The highest BCUT2D eigenvalue weighted by molar-refractivity contribution is 6.05. The maximum absolute atomic E-state index is 12.5. The van der Waals surface area contributed by atoms with Crippen molar-refractivity contribution in [3.05, 3.63) is 35.5 Å². The lowest BCUT2D eigenvalue weighted by molar-refractivity contribution is -0.117. The van der Waals surface area contributed by atoms with E-state index >= 15 is 0 Å². The third-order valence-electron chi connectivity index (χ3n) is 4.87. The maximum Gasteiger partial charge on any atom is 0.227 e. The Hall–Kier alpha value is -1.94. The number of amides is 1. The molecule has 1 aliphatic carbocycles. The van der Waals surface area contributed by atoms with Gasteiger partial charge in [0.1, 0.15) is 0 Å². The van der Waals surface area contributed by atoms with Crippen LogP contribution in [0.2, 0.25) is 0 Å². The van der Waals surface area contributed by atoms with E-state index in [1.54, 1.807) is 0 Å². The van der Waals surface area contributed by atoms with Crippen molar-refractivity contribution >= 4 is 22.5 Å². The molecule has 1 N–H and O–H groups in total. The molecule has 1 saturated heterocycles. The smallest absolute Gasteiger partial charge is 0.227 e. The number of aromatic nitrogens is 1. The zero-order chi connectivity index (χ0) is 15.1. The minimum Gasteiger partial charge on any atom is -0.396 e. The molecule has 2 heterocycles. The summed E-state index contributed by atoms with van der Waals surface area (Å²) in [4.78, 5) is 19.2. The number of anilines is 1. The first kappa shape index (κ1) is 13.7. The highest BCUT2D eigenvalue weighted by Gasteiger charge is 2.33. The van der Waals surface area contributed by atoms with Gasteiger partial charge >= 0.3 is 0 Å². The number of para-hydroxylation sites is 1. The summed E-state index contributed by atoms with van der Waals surface area (Å²) in [6.07, 6.45) is 4.77. The molecule has 0 radical (unpaired) electrons. The zero-order valence-electron chi connectivity index (χ0n) is 12.6. The summed E-state index contributed by atoms with van der Waals surface area (Å²) < 4.78 is 0. The molecular formula is C18H20N2O2. The fourth-order valence-corrected chi connectivity index (χ4v) is 3.78. The first-order valence-corrected chi connectivity index (χ1v) is 8.09. The van der Waals surface area contributed by atoms with Crippen LogP contribution in [0.25, 0.3) is 10.9 Å². The molecule has 1 atom stereocenters. The Labute approximate surface area is 129 Å². The summed E-state index contributed by atoms with van der Waals surface area (Å²) in [6, 6.07) is 8.09. The lowest BCUT2D eigenvalue weighted by atomic mass is 9.92. The number of aliphatic hydroxyl groups excluding tert-OH is 1. The van der Waals surface area contributed by atoms with Gasteiger partial charge in [0.05, 0.1) is 11.2 Å². The van der Waals surface area contributed by atoms with E-state index in [9.17, 15) is 9.90 Å². The number of rotatable bonds is 2. The van der Waals surface area contributed by atoms with Crippen LogP contribution in [0, 0.1) is 5.92 Å². The SMILES string of the molecule is O=C1CC(CO)CN1c1c2c(nc3ccccc13)CCCC2. The molecule has 4 heteroatoms. The number of carbonyl (C=O) groups is 1. The monoisotopic (exact) mass is 296 g/mol. The number of hydrogen-bond acceptors (Lipinski definition) is 3. The second-order valence-corrected chi connectivity index (χ2v) is 6.37. The number of aryl methyl sites for hydroxylation is 1. The van der Waals surface area contributed by atoms with E-state index in [2.05, 4.69) is 6.07 Å². The van der Waals surface area contributed by atoms with Crippen molar-refractivity contribution in [2.45, 2.75) is 32.1 Å². The van der Waals surface area contributed by atoms with Crippen LogP contribution in [-0.4, -0.2) is 29.1 Å². The lowest BCUT2D eigenvalue weighted by Gasteiger charge is -2.26. The fraction of sp³-hybridized carbons (Fsp3) is 0.444. The molecule has 1 fully saturated rings. The summed E-state index contributed by atoms with van der Waals surface area (Å²) >= 11 is 0. The van der Waals surface area contributed by atoms with Crippen molar-refractivity contribution < 1.29 is 9.90 Å². The van der Waals surface area contributed by atoms with Crippen molar-refractivity contribution in [2.75, 3.05) is 18.1 Å². The van der Waals surface area contributed by atoms with Gasteiger partial charge in [-0.15, -0.1) is 0 Å². The van der Waals surface area contributed by atoms with Gasteiger partial charge in [-0.1, -0.05) is 18.2 Å². The highest BCUT2D eigenvalue weighted by atomic mass is 16.3. The number of aliphatic hydroxyl groups is 1. The van der Waals surface area contributed by atoms with E-state index in [0.717, 1.165) is 41.5 Å². The van der Waals surface area contributed by atoms with Gasteiger partial charge in [-0.2, -0.15) is 0 Å². The third-order valence-corrected chi connectivity index (χ3v) is 4.87. The second kappa shape index (κ2) is 5.36. The summed E-state index contributed by atoms with van der Waals surface area (Å²) in [5, 5.41) is 10.5. The van der Waals surface area contributed by atoms with Crippen molar-refractivity contribution in [1.82, 2.24) is 4.98 Å². The number of nitrogens with zero attached hydrogens (tertiary/aromatic N) is 2. The molecule has 2 aromatic rings. The van der Waals surface area contributed by atoms with Crippen molar-refractivity contribution in [3.8, 4) is 0 Å². The second-order valence-electron chi connectivity index (χ2n) is 6.37. The van der Waals surface area contributed by atoms with E-state index < -0.39 is 0 Å². The van der Waals surface area contributed by atoms with Crippen molar-refractivity contribution in [2.24, 2.45) is 5.92 Å². The Morgan fingerprint density at radius 2 is 2.05 bits per heavy atom. The van der Waals surface area contributed by atoms with Crippen LogP contribution in [0.5, 0.6) is 0 Å². The summed E-state index contributed by atoms with van der Waals surface area (Å²) in [5.41, 5.74) is 4.43. The molecule has 0 spiro atoms. The van der Waals surface area contributed by atoms with Crippen LogP contribution >= 0.6 is 0 Å². The molecule has 114 valence electrons. The van der Waals surface area contributed by atoms with Crippen LogP contribution in [0.1, 0.15) is 30.5 Å². The Morgan fingerprint density at radius 3 is 2.86 bits per heavy atom. The number of pyridine rings is 1. The maximum atomic E-state index is 12.5. The standard InChI is InChI=1S/C18H20N2O2/c21-11-12-9-17(22)20(10-12)18-13-5-1-3-7-15(13)19-16-8-4-2-6-14(16)18/h1,3,5,7,12,21H,2,4,6,8-11H2. The first-order chi connectivity index (χ1) is 10.8. The topological polar surface area (TPSA) is 53.4 Å². The molecule has 4 nitrogen and oxygen atoms in total. The molecule has 1 aliphatic heterocycles. The molecular weight excluding hydrogens is 276 g/mol. The minimum atomic E-state index is 0.0543. The lowest BCUT2D eigenvalue weighted by Crippen LogP contribution is -2.27. The van der Waals surface area contributed by atoms with Gasteiger partial charge in [0, 0.05) is 36.6 Å². The number of benzene rings is 1. The molecule has 2 aliphatic rings. The van der Waals surface area contributed by atoms with Gasteiger partial charge in [-0.25, -0.2) is 0 Å². The highest BCUT2D eigenvalue weighted by Crippen LogP contribution is 2.38. The largest absolute Gasteiger partial charge is 0.396 e. The molecule has 1 aromatic heterocycles. The van der Waals surface area contributed by atoms with E-state index in [0.29, 0.717) is 13.0 Å². The average molecular weight is 296 g/mol. The average Bonchev–Trinajstić information content (AvgIpc) is 2.93. The molecule has 4 rings (SSSR count). The van der Waals surface area contributed by atoms with Crippen molar-refractivity contribution in [3.63, 3.8) is 0 Å². The normalized spacial score (nSPS) is 21.4. The van der Waals surface area contributed by atoms with Gasteiger partial charge in [0.15, 0.2) is 0 Å². The Bertz CT molecular complexity index is 741. The van der Waals surface area contributed by atoms with Gasteiger partial charge in [0.2, 0.25) is 5.91 Å². The van der Waals surface area contributed by atoms with Crippen LogP contribution in [-0.2, 0) is 17.6 Å². The fourth-order valence-electron chi connectivity index (χ4n) is 3.78. The van der Waals surface area contributed by atoms with Gasteiger partial charge < -0.3 is 10.0 Å². The van der Waals surface area contributed by atoms with Gasteiger partial charge in [-0.3, -0.25) is 9.78 Å². The summed E-state index contributed by atoms with van der Waals surface area (Å²) in [7, 11) is 0. The predicted octanol–water partition coefficient (Wildman–Crippen LogP) is 2.46. The van der Waals surface area contributed by atoms with E-state index in [4.69, 9.17) is 4.98 Å². The van der Waals surface area contributed by atoms with Gasteiger partial charge in [0.25, 0.3) is 0 Å². The van der Waals surface area contributed by atoms with Crippen molar-refractivity contribution in [1.29, 1.82) is 0 Å². The molecule has 0 bridgehead atoms. The third kappa shape index (κ3) is 2.10. The van der Waals surface area contributed by atoms with E-state index in [1.165, 1.54) is 12.0 Å². The Kier molecular flexibility index (Phi) is 3.34. The molecule has 22 heavy (non-hydrogen) atoms. The quantitative estimate of drug-likeness (QED) is 0.926. The minimum absolute atomic E-state index is 0.0543. The van der Waals surface area contributed by atoms with E-state index in [1.807, 2.05) is 23.1 Å². The zero-order valence-corrected chi connectivity index (χ0v) is 12.6. The molecule has 1 amide bonds. The number of fused-ring (bicyclic) bond motifs is 2. The van der Waals surface area contributed by atoms with Crippen LogP contribution in [0.3, 0.4) is 0 Å². The molecule has 0 saturated carbocycles. The first-order valence-electron chi connectivity index (χ1n) is 8.09. The predicted molar refractivity (Wildman–Crippen MR) is 85.9 cm³/mol. The molecule has 1 aromatic carbocycles. The number of hydrogen-bond donors (Lipinski definition) is 1. The van der Waals surface area contributed by atoms with Gasteiger partial charge in [-0.05, 0) is 37.3 Å². The van der Waals surface area contributed by atoms with E-state index in [-0.39, 0.29) is 18.4 Å². The number of carbonyl (C=O) groups excluding carboxylic acids is 1. The summed E-state index contributed by atoms with van der Waals surface area (Å²) in [5.74, 6) is 0.182. The molecule has 1 unspecified atom stereocenters. The van der Waals surface area contributed by atoms with Crippen LogP contribution < -0.4 is 4.90 Å². The van der Waals surface area contributed by atoms with Crippen LogP contribution in [0.15, 0.2) is 24.3 Å². The van der Waals surface area contributed by atoms with Crippen LogP contribution in [0.4, 0.5) is 5.69 Å².